The quantitative estimate of drug-likeness (QED) is 0.637. The minimum absolute atomic E-state index is 0. The summed E-state index contributed by atoms with van der Waals surface area (Å²) in [5.74, 6) is 0.139. The molecule has 0 unspecified atom stereocenters. The summed E-state index contributed by atoms with van der Waals surface area (Å²) in [5, 5.41) is 5.51. The average molecular weight is 278 g/mol. The molecule has 1 atom stereocenters. The number of nitrogens with two attached hydrogens (primary N) is 1. The van der Waals surface area contributed by atoms with Gasteiger partial charge in [-0.3, -0.25) is 9.59 Å². The van der Waals surface area contributed by atoms with Crippen LogP contribution >= 0.6 is 12.4 Å². The highest BCUT2D eigenvalue weighted by Crippen LogP contribution is 2.28. The predicted octanol–water partition coefficient (Wildman–Crippen LogP) is 0.424. The summed E-state index contributed by atoms with van der Waals surface area (Å²) in [4.78, 5) is 22.9. The third kappa shape index (κ3) is 5.69. The lowest BCUT2D eigenvalue weighted by Gasteiger charge is -2.25. The zero-order chi connectivity index (χ0) is 13.1. The molecule has 0 spiro atoms. The molecule has 18 heavy (non-hydrogen) atoms. The number of rotatable bonds is 5. The van der Waals surface area contributed by atoms with Gasteiger partial charge in [0.15, 0.2) is 0 Å². The SMILES string of the molecule is CC(C)(C)[C@H](N)C(=O)NCCNC(=O)C1CC1.Cl. The maximum atomic E-state index is 11.6. The molecule has 0 saturated heterocycles. The molecule has 4 N–H and O–H groups in total. The van der Waals surface area contributed by atoms with E-state index in [0.29, 0.717) is 13.1 Å². The molecule has 5 nitrogen and oxygen atoms in total. The molecule has 2 amide bonds. The number of halogens is 1. The van der Waals surface area contributed by atoms with Crippen molar-refractivity contribution >= 4 is 24.2 Å². The first-order valence-corrected chi connectivity index (χ1v) is 6.13. The molecule has 0 aromatic heterocycles. The van der Waals surface area contributed by atoms with Crippen molar-refractivity contribution in [3.05, 3.63) is 0 Å². The van der Waals surface area contributed by atoms with Crippen LogP contribution in [0.4, 0.5) is 0 Å². The standard InChI is InChI=1S/C12H23N3O2.ClH/c1-12(2,3)9(13)11(17)15-7-6-14-10(16)8-4-5-8;/h8-9H,4-7,13H2,1-3H3,(H,14,16)(H,15,17);1H/t9-;/m1./s1. The second-order valence-corrected chi connectivity index (χ2v) is 5.70. The van der Waals surface area contributed by atoms with Crippen molar-refractivity contribution in [3.63, 3.8) is 0 Å². The fourth-order valence-electron chi connectivity index (χ4n) is 1.36. The lowest BCUT2D eigenvalue weighted by Crippen LogP contribution is -2.50. The molecule has 1 fully saturated rings. The summed E-state index contributed by atoms with van der Waals surface area (Å²) in [5.41, 5.74) is 5.55. The van der Waals surface area contributed by atoms with E-state index in [0.717, 1.165) is 12.8 Å². The van der Waals surface area contributed by atoms with Crippen molar-refractivity contribution in [2.45, 2.75) is 39.7 Å². The normalized spacial score (nSPS) is 16.4. The molecule has 1 saturated carbocycles. The first kappa shape index (κ1) is 17.2. The molecule has 0 radical (unpaired) electrons. The van der Waals surface area contributed by atoms with E-state index in [2.05, 4.69) is 10.6 Å². The smallest absolute Gasteiger partial charge is 0.237 e. The number of hydrogen-bond donors (Lipinski definition) is 3. The van der Waals surface area contributed by atoms with Gasteiger partial charge in [-0.2, -0.15) is 0 Å². The van der Waals surface area contributed by atoms with Gasteiger partial charge in [0.2, 0.25) is 11.8 Å². The van der Waals surface area contributed by atoms with Crippen molar-refractivity contribution < 1.29 is 9.59 Å². The van der Waals surface area contributed by atoms with E-state index in [-0.39, 0.29) is 35.6 Å². The van der Waals surface area contributed by atoms with Gasteiger partial charge in [-0.1, -0.05) is 20.8 Å². The molecule has 1 rings (SSSR count). The van der Waals surface area contributed by atoms with Crippen molar-refractivity contribution in [3.8, 4) is 0 Å². The van der Waals surface area contributed by atoms with E-state index < -0.39 is 6.04 Å². The van der Waals surface area contributed by atoms with Crippen LogP contribution in [0.25, 0.3) is 0 Å². The highest BCUT2D eigenvalue weighted by atomic mass is 35.5. The summed E-state index contributed by atoms with van der Waals surface area (Å²) in [6.07, 6.45) is 1.99. The van der Waals surface area contributed by atoms with Gasteiger partial charge in [-0.15, -0.1) is 12.4 Å². The molecule has 0 aromatic rings. The lowest BCUT2D eigenvalue weighted by molar-refractivity contribution is -0.125. The van der Waals surface area contributed by atoms with Crippen LogP contribution in [0.3, 0.4) is 0 Å². The number of hydrogen-bond acceptors (Lipinski definition) is 3. The lowest BCUT2D eigenvalue weighted by atomic mass is 9.87. The summed E-state index contributed by atoms with van der Waals surface area (Å²) in [7, 11) is 0. The number of carbonyl (C=O) groups is 2. The van der Waals surface area contributed by atoms with E-state index in [9.17, 15) is 9.59 Å². The Morgan fingerprint density at radius 2 is 1.72 bits per heavy atom. The molecule has 0 aromatic carbocycles. The maximum absolute atomic E-state index is 11.6. The van der Waals surface area contributed by atoms with Gasteiger partial charge >= 0.3 is 0 Å². The van der Waals surface area contributed by atoms with Crippen molar-refractivity contribution in [1.29, 1.82) is 0 Å². The summed E-state index contributed by atoms with van der Waals surface area (Å²) >= 11 is 0. The number of carbonyl (C=O) groups excluding carboxylic acids is 2. The molecule has 106 valence electrons. The van der Waals surface area contributed by atoms with Gasteiger partial charge in [0.25, 0.3) is 0 Å². The van der Waals surface area contributed by atoms with E-state index in [1.54, 1.807) is 0 Å². The summed E-state index contributed by atoms with van der Waals surface area (Å²) in [6, 6.07) is -0.526. The van der Waals surface area contributed by atoms with Crippen LogP contribution in [0, 0.1) is 11.3 Å². The monoisotopic (exact) mass is 277 g/mol. The molecule has 1 aliphatic carbocycles. The Kier molecular flexibility index (Phi) is 6.63. The Labute approximate surface area is 115 Å². The molecule has 0 heterocycles. The van der Waals surface area contributed by atoms with E-state index >= 15 is 0 Å². The van der Waals surface area contributed by atoms with Crippen LogP contribution in [0.5, 0.6) is 0 Å². The van der Waals surface area contributed by atoms with E-state index in [1.807, 2.05) is 20.8 Å². The fourth-order valence-corrected chi connectivity index (χ4v) is 1.36. The third-order valence-corrected chi connectivity index (χ3v) is 2.89. The third-order valence-electron chi connectivity index (χ3n) is 2.89. The van der Waals surface area contributed by atoms with Gasteiger partial charge in [0.1, 0.15) is 0 Å². The molecule has 0 bridgehead atoms. The van der Waals surface area contributed by atoms with Gasteiger partial charge in [-0.05, 0) is 18.3 Å². The van der Waals surface area contributed by atoms with E-state index in [4.69, 9.17) is 5.73 Å². The highest BCUT2D eigenvalue weighted by Gasteiger charge is 2.29. The minimum atomic E-state index is -0.526. The molecule has 0 aliphatic heterocycles. The molecule has 6 heteroatoms. The second-order valence-electron chi connectivity index (χ2n) is 5.70. The zero-order valence-corrected chi connectivity index (χ0v) is 12.1. The number of nitrogens with one attached hydrogen (secondary N) is 2. The Balaban J connectivity index is 0.00000289. The first-order chi connectivity index (χ1) is 7.82. The Morgan fingerprint density at radius 3 is 2.17 bits per heavy atom. The van der Waals surface area contributed by atoms with Crippen molar-refractivity contribution in [2.24, 2.45) is 17.1 Å². The maximum Gasteiger partial charge on any atom is 0.237 e. The van der Waals surface area contributed by atoms with Crippen LogP contribution in [-0.4, -0.2) is 30.9 Å². The molecule has 1 aliphatic rings. The zero-order valence-electron chi connectivity index (χ0n) is 11.3. The Morgan fingerprint density at radius 1 is 1.22 bits per heavy atom. The topological polar surface area (TPSA) is 84.2 Å². The average Bonchev–Trinajstić information content (AvgIpc) is 3.04. The molecular weight excluding hydrogens is 254 g/mol. The van der Waals surface area contributed by atoms with E-state index in [1.165, 1.54) is 0 Å². The molecular formula is C12H24ClN3O2. The van der Waals surface area contributed by atoms with Crippen molar-refractivity contribution in [1.82, 2.24) is 10.6 Å². The number of amides is 2. The summed E-state index contributed by atoms with van der Waals surface area (Å²) in [6.45, 7) is 6.67. The van der Waals surface area contributed by atoms with Crippen LogP contribution in [0.2, 0.25) is 0 Å². The van der Waals surface area contributed by atoms with Gasteiger partial charge in [0.05, 0.1) is 6.04 Å². The fraction of sp³-hybridized carbons (Fsp3) is 0.833. The largest absolute Gasteiger partial charge is 0.354 e. The highest BCUT2D eigenvalue weighted by molar-refractivity contribution is 5.85. The minimum Gasteiger partial charge on any atom is -0.354 e. The van der Waals surface area contributed by atoms with Crippen LogP contribution in [0.1, 0.15) is 33.6 Å². The van der Waals surface area contributed by atoms with Crippen LogP contribution < -0.4 is 16.4 Å². The van der Waals surface area contributed by atoms with Crippen LogP contribution in [0.15, 0.2) is 0 Å². The van der Waals surface area contributed by atoms with Gasteiger partial charge < -0.3 is 16.4 Å². The Bertz CT molecular complexity index is 298. The second kappa shape index (κ2) is 6.95. The Hall–Kier alpha value is -0.810. The van der Waals surface area contributed by atoms with Gasteiger partial charge in [-0.25, -0.2) is 0 Å². The summed E-state index contributed by atoms with van der Waals surface area (Å²) < 4.78 is 0. The van der Waals surface area contributed by atoms with Gasteiger partial charge in [0, 0.05) is 19.0 Å². The first-order valence-electron chi connectivity index (χ1n) is 6.13. The van der Waals surface area contributed by atoms with Crippen molar-refractivity contribution in [2.75, 3.05) is 13.1 Å². The predicted molar refractivity (Wildman–Crippen MR) is 73.4 cm³/mol. The van der Waals surface area contributed by atoms with Crippen LogP contribution in [-0.2, 0) is 9.59 Å².